The number of aromatic nitrogens is 2. The standard InChI is InChI=1S/C24H41N3O2/c1-2-3-4-5-6-7-8-9-10-11-12-13-14-15-16-17-18-19-23(28)26-22-20-21-25-24(29)27-22/h9-10,20-21H,2-8,11-19H2,1H3,(H2,25,26,27,28,29). The Morgan fingerprint density at radius 3 is 2.03 bits per heavy atom. The van der Waals surface area contributed by atoms with Crippen LogP contribution in [0.3, 0.4) is 0 Å². The van der Waals surface area contributed by atoms with Gasteiger partial charge in [0.1, 0.15) is 5.82 Å². The van der Waals surface area contributed by atoms with E-state index in [9.17, 15) is 9.59 Å². The zero-order valence-electron chi connectivity index (χ0n) is 18.4. The summed E-state index contributed by atoms with van der Waals surface area (Å²) in [6, 6.07) is 1.59. The number of carbonyl (C=O) groups excluding carboxylic acids is 1. The monoisotopic (exact) mass is 403 g/mol. The van der Waals surface area contributed by atoms with Gasteiger partial charge in [-0.25, -0.2) is 9.78 Å². The summed E-state index contributed by atoms with van der Waals surface area (Å²) in [6.07, 6.45) is 25.6. The summed E-state index contributed by atoms with van der Waals surface area (Å²) in [5, 5.41) is 2.70. The molecule has 0 aliphatic rings. The maximum atomic E-state index is 11.8. The van der Waals surface area contributed by atoms with E-state index >= 15 is 0 Å². The van der Waals surface area contributed by atoms with E-state index in [4.69, 9.17) is 0 Å². The van der Waals surface area contributed by atoms with Gasteiger partial charge >= 0.3 is 5.69 Å². The smallest absolute Gasteiger partial charge is 0.312 e. The average molecular weight is 404 g/mol. The van der Waals surface area contributed by atoms with Crippen LogP contribution in [0.1, 0.15) is 110 Å². The van der Waals surface area contributed by atoms with E-state index < -0.39 is 5.69 Å². The number of hydrogen-bond acceptors (Lipinski definition) is 3. The van der Waals surface area contributed by atoms with Crippen molar-refractivity contribution in [1.82, 2.24) is 9.97 Å². The van der Waals surface area contributed by atoms with Gasteiger partial charge in [0.2, 0.25) is 5.91 Å². The summed E-state index contributed by atoms with van der Waals surface area (Å²) in [5.74, 6) is 0.357. The Morgan fingerprint density at radius 2 is 1.45 bits per heavy atom. The number of anilines is 1. The zero-order valence-corrected chi connectivity index (χ0v) is 18.4. The first kappa shape index (κ1) is 25.1. The van der Waals surface area contributed by atoms with Crippen LogP contribution in [-0.2, 0) is 4.79 Å². The normalized spacial score (nSPS) is 11.2. The Kier molecular flexibility index (Phi) is 15.7. The summed E-state index contributed by atoms with van der Waals surface area (Å²) in [4.78, 5) is 28.9. The minimum absolute atomic E-state index is 0.0559. The topological polar surface area (TPSA) is 74.8 Å². The summed E-state index contributed by atoms with van der Waals surface area (Å²) in [7, 11) is 0. The fourth-order valence-corrected chi connectivity index (χ4v) is 3.36. The third-order valence-electron chi connectivity index (χ3n) is 5.11. The van der Waals surface area contributed by atoms with Crippen molar-refractivity contribution in [1.29, 1.82) is 0 Å². The van der Waals surface area contributed by atoms with Gasteiger partial charge in [0, 0.05) is 12.6 Å². The number of nitrogens with zero attached hydrogens (tertiary/aromatic N) is 1. The first-order chi connectivity index (χ1) is 14.2. The van der Waals surface area contributed by atoms with Crippen molar-refractivity contribution in [3.05, 3.63) is 34.9 Å². The maximum Gasteiger partial charge on any atom is 0.346 e. The molecule has 0 aliphatic heterocycles. The number of rotatable bonds is 18. The molecule has 0 fully saturated rings. The Hall–Kier alpha value is -1.91. The first-order valence-corrected chi connectivity index (χ1v) is 11.7. The van der Waals surface area contributed by atoms with E-state index in [2.05, 4.69) is 34.4 Å². The molecule has 1 aromatic heterocycles. The van der Waals surface area contributed by atoms with Crippen molar-refractivity contribution in [2.75, 3.05) is 5.32 Å². The van der Waals surface area contributed by atoms with Crippen LogP contribution in [0.5, 0.6) is 0 Å². The van der Waals surface area contributed by atoms with E-state index in [1.807, 2.05) is 0 Å². The van der Waals surface area contributed by atoms with E-state index in [0.717, 1.165) is 12.8 Å². The quantitative estimate of drug-likeness (QED) is 0.216. The highest BCUT2D eigenvalue weighted by atomic mass is 16.2. The number of unbranched alkanes of at least 4 members (excludes halogenated alkanes) is 13. The zero-order chi connectivity index (χ0) is 21.0. The third kappa shape index (κ3) is 15.7. The molecule has 0 atom stereocenters. The summed E-state index contributed by atoms with van der Waals surface area (Å²) < 4.78 is 0. The van der Waals surface area contributed by atoms with Crippen LogP contribution in [0, 0.1) is 0 Å². The van der Waals surface area contributed by atoms with Gasteiger partial charge in [-0.1, -0.05) is 83.3 Å². The summed E-state index contributed by atoms with van der Waals surface area (Å²) >= 11 is 0. The molecule has 0 unspecified atom stereocenters. The minimum atomic E-state index is -0.448. The van der Waals surface area contributed by atoms with Crippen molar-refractivity contribution in [2.24, 2.45) is 0 Å². The highest BCUT2D eigenvalue weighted by molar-refractivity contribution is 5.89. The first-order valence-electron chi connectivity index (χ1n) is 11.7. The molecule has 0 saturated carbocycles. The number of H-pyrrole nitrogens is 1. The third-order valence-corrected chi connectivity index (χ3v) is 5.11. The summed E-state index contributed by atoms with van der Waals surface area (Å²) in [6.45, 7) is 2.26. The second-order valence-corrected chi connectivity index (χ2v) is 7.88. The van der Waals surface area contributed by atoms with Crippen molar-refractivity contribution in [3.8, 4) is 0 Å². The average Bonchev–Trinajstić information content (AvgIpc) is 2.70. The van der Waals surface area contributed by atoms with Crippen LogP contribution in [-0.4, -0.2) is 15.9 Å². The molecule has 5 nitrogen and oxygen atoms in total. The van der Waals surface area contributed by atoms with Gasteiger partial charge in [-0.3, -0.25) is 9.78 Å². The number of allylic oxidation sites excluding steroid dienone is 2. The SMILES string of the molecule is CCCCCCCCC=CCCCCCCCCCC(=O)Nc1ccnc(=O)[nH]1. The second-order valence-electron chi connectivity index (χ2n) is 7.88. The largest absolute Gasteiger partial charge is 0.346 e. The van der Waals surface area contributed by atoms with Crippen LogP contribution in [0.2, 0.25) is 0 Å². The Morgan fingerprint density at radius 1 is 0.897 bits per heavy atom. The predicted molar refractivity (Wildman–Crippen MR) is 122 cm³/mol. The molecule has 0 bridgehead atoms. The van der Waals surface area contributed by atoms with E-state index in [-0.39, 0.29) is 5.91 Å². The van der Waals surface area contributed by atoms with Gasteiger partial charge in [0.25, 0.3) is 0 Å². The van der Waals surface area contributed by atoms with Gasteiger partial charge in [-0.15, -0.1) is 0 Å². The molecule has 0 saturated heterocycles. The Balaban J connectivity index is 1.83. The Labute approximate surface area is 176 Å². The molecule has 164 valence electrons. The predicted octanol–water partition coefficient (Wildman–Crippen LogP) is 6.53. The fraction of sp³-hybridized carbons (Fsp3) is 0.708. The van der Waals surface area contributed by atoms with Gasteiger partial charge in [-0.05, 0) is 38.2 Å². The van der Waals surface area contributed by atoms with Crippen LogP contribution >= 0.6 is 0 Å². The van der Waals surface area contributed by atoms with Crippen LogP contribution in [0.4, 0.5) is 5.82 Å². The fourth-order valence-electron chi connectivity index (χ4n) is 3.36. The molecule has 1 heterocycles. The molecule has 29 heavy (non-hydrogen) atoms. The van der Waals surface area contributed by atoms with E-state index in [0.29, 0.717) is 12.2 Å². The van der Waals surface area contributed by atoms with Crippen LogP contribution in [0.15, 0.2) is 29.2 Å². The van der Waals surface area contributed by atoms with Gasteiger partial charge in [0.15, 0.2) is 0 Å². The molecular weight excluding hydrogens is 362 g/mol. The van der Waals surface area contributed by atoms with E-state index in [1.54, 1.807) is 6.07 Å². The highest BCUT2D eigenvalue weighted by Gasteiger charge is 2.02. The van der Waals surface area contributed by atoms with Crippen molar-refractivity contribution >= 4 is 11.7 Å². The van der Waals surface area contributed by atoms with Crippen molar-refractivity contribution in [2.45, 2.75) is 110 Å². The lowest BCUT2D eigenvalue weighted by atomic mass is 10.1. The number of carbonyl (C=O) groups is 1. The molecule has 0 radical (unpaired) electrons. The number of hydrogen-bond donors (Lipinski definition) is 2. The molecule has 0 aromatic carbocycles. The van der Waals surface area contributed by atoms with Gasteiger partial charge in [-0.2, -0.15) is 0 Å². The van der Waals surface area contributed by atoms with E-state index in [1.165, 1.54) is 89.7 Å². The lowest BCUT2D eigenvalue weighted by molar-refractivity contribution is -0.116. The molecular formula is C24H41N3O2. The van der Waals surface area contributed by atoms with Crippen LogP contribution < -0.4 is 11.0 Å². The number of nitrogens with one attached hydrogen (secondary N) is 2. The van der Waals surface area contributed by atoms with Gasteiger partial charge < -0.3 is 5.32 Å². The molecule has 2 N–H and O–H groups in total. The molecule has 1 amide bonds. The minimum Gasteiger partial charge on any atom is -0.312 e. The molecule has 1 aromatic rings. The highest BCUT2D eigenvalue weighted by Crippen LogP contribution is 2.11. The van der Waals surface area contributed by atoms with Crippen molar-refractivity contribution < 1.29 is 4.79 Å². The van der Waals surface area contributed by atoms with Gasteiger partial charge in [0.05, 0.1) is 0 Å². The second kappa shape index (κ2) is 18.1. The lowest BCUT2D eigenvalue weighted by Gasteiger charge is -2.04. The number of aromatic amines is 1. The summed E-state index contributed by atoms with van der Waals surface area (Å²) in [5.41, 5.74) is -0.448. The lowest BCUT2D eigenvalue weighted by Crippen LogP contribution is -2.17. The molecule has 1 rings (SSSR count). The van der Waals surface area contributed by atoms with Crippen molar-refractivity contribution in [3.63, 3.8) is 0 Å². The maximum absolute atomic E-state index is 11.8. The molecule has 0 spiro atoms. The molecule has 0 aliphatic carbocycles. The molecule has 5 heteroatoms. The Bertz CT molecular complexity index is 610. The number of amides is 1. The van der Waals surface area contributed by atoms with Crippen LogP contribution in [0.25, 0.3) is 0 Å².